The Balaban J connectivity index is 1.52. The number of rotatable bonds is 4. The molecule has 1 aromatic heterocycles. The van der Waals surface area contributed by atoms with Crippen LogP contribution in [0.3, 0.4) is 0 Å². The van der Waals surface area contributed by atoms with E-state index in [0.29, 0.717) is 29.2 Å². The fraction of sp³-hybridized carbons (Fsp3) is 0.143. The molecule has 6 heteroatoms. The summed E-state index contributed by atoms with van der Waals surface area (Å²) in [5.41, 5.74) is 3.80. The SMILES string of the molecule is COc1ccc(F)c(CNC(=O)c2ccc3c(c2)OCc2cnccc2-3)c1. The number of halogens is 1. The van der Waals surface area contributed by atoms with Crippen molar-refractivity contribution in [1.29, 1.82) is 0 Å². The number of nitrogens with one attached hydrogen (secondary N) is 1. The first-order chi connectivity index (χ1) is 13.2. The van der Waals surface area contributed by atoms with E-state index in [-0.39, 0.29) is 12.5 Å². The molecule has 0 unspecified atom stereocenters. The minimum Gasteiger partial charge on any atom is -0.497 e. The van der Waals surface area contributed by atoms with Crippen molar-refractivity contribution in [1.82, 2.24) is 10.3 Å². The average molecular weight is 364 g/mol. The Morgan fingerprint density at radius 3 is 2.96 bits per heavy atom. The normalized spacial score (nSPS) is 11.8. The Morgan fingerprint density at radius 2 is 2.11 bits per heavy atom. The van der Waals surface area contributed by atoms with Crippen molar-refractivity contribution in [2.75, 3.05) is 7.11 Å². The second-order valence-electron chi connectivity index (χ2n) is 6.17. The van der Waals surface area contributed by atoms with E-state index in [4.69, 9.17) is 9.47 Å². The van der Waals surface area contributed by atoms with Gasteiger partial charge in [0.05, 0.1) is 7.11 Å². The summed E-state index contributed by atoms with van der Waals surface area (Å²) in [4.78, 5) is 16.6. The third-order valence-electron chi connectivity index (χ3n) is 4.51. The third-order valence-corrected chi connectivity index (χ3v) is 4.51. The van der Waals surface area contributed by atoms with Crippen LogP contribution < -0.4 is 14.8 Å². The maximum atomic E-state index is 13.9. The molecule has 0 bridgehead atoms. The van der Waals surface area contributed by atoms with Crippen molar-refractivity contribution in [3.05, 3.63) is 77.4 Å². The number of pyridine rings is 1. The van der Waals surface area contributed by atoms with Crippen molar-refractivity contribution in [2.45, 2.75) is 13.2 Å². The zero-order chi connectivity index (χ0) is 18.8. The highest BCUT2D eigenvalue weighted by atomic mass is 19.1. The maximum Gasteiger partial charge on any atom is 0.251 e. The van der Waals surface area contributed by atoms with E-state index >= 15 is 0 Å². The van der Waals surface area contributed by atoms with Gasteiger partial charge in [-0.2, -0.15) is 0 Å². The van der Waals surface area contributed by atoms with Crippen LogP contribution in [0.15, 0.2) is 54.9 Å². The molecule has 0 saturated heterocycles. The van der Waals surface area contributed by atoms with Crippen LogP contribution in [0.1, 0.15) is 21.5 Å². The van der Waals surface area contributed by atoms with Gasteiger partial charge in [-0.25, -0.2) is 4.39 Å². The van der Waals surface area contributed by atoms with Crippen LogP contribution >= 0.6 is 0 Å². The molecule has 27 heavy (non-hydrogen) atoms. The summed E-state index contributed by atoms with van der Waals surface area (Å²) < 4.78 is 24.7. The Bertz CT molecular complexity index is 1020. The highest BCUT2D eigenvalue weighted by Gasteiger charge is 2.19. The summed E-state index contributed by atoms with van der Waals surface area (Å²) in [6.45, 7) is 0.477. The van der Waals surface area contributed by atoms with E-state index in [1.165, 1.54) is 19.2 Å². The number of hydrogen-bond acceptors (Lipinski definition) is 4. The van der Waals surface area contributed by atoms with Crippen molar-refractivity contribution in [2.24, 2.45) is 0 Å². The molecule has 5 nitrogen and oxygen atoms in total. The Hall–Kier alpha value is -3.41. The molecule has 3 aromatic rings. The first-order valence-corrected chi connectivity index (χ1v) is 8.46. The fourth-order valence-electron chi connectivity index (χ4n) is 3.06. The van der Waals surface area contributed by atoms with Crippen LogP contribution in [0.5, 0.6) is 11.5 Å². The van der Waals surface area contributed by atoms with Crippen molar-refractivity contribution >= 4 is 5.91 Å². The fourth-order valence-corrected chi connectivity index (χ4v) is 3.06. The Morgan fingerprint density at radius 1 is 1.22 bits per heavy atom. The quantitative estimate of drug-likeness (QED) is 0.767. The van der Waals surface area contributed by atoms with Gasteiger partial charge in [0.1, 0.15) is 23.9 Å². The number of nitrogens with zero attached hydrogens (tertiary/aromatic N) is 1. The van der Waals surface area contributed by atoms with Gasteiger partial charge in [-0.05, 0) is 48.0 Å². The number of methoxy groups -OCH3 is 1. The minimum atomic E-state index is -0.393. The number of fused-ring (bicyclic) bond motifs is 3. The molecular formula is C21H17FN2O3. The summed E-state index contributed by atoms with van der Waals surface area (Å²) in [6.07, 6.45) is 3.51. The van der Waals surface area contributed by atoms with Gasteiger partial charge in [0.25, 0.3) is 5.91 Å². The predicted molar refractivity (Wildman–Crippen MR) is 98.1 cm³/mol. The molecule has 0 atom stereocenters. The van der Waals surface area contributed by atoms with E-state index < -0.39 is 5.82 Å². The molecule has 1 aliphatic heterocycles. The summed E-state index contributed by atoms with van der Waals surface area (Å²) in [5.74, 6) is 0.490. The molecule has 2 aromatic carbocycles. The number of hydrogen-bond donors (Lipinski definition) is 1. The summed E-state index contributed by atoms with van der Waals surface area (Å²) in [6, 6.07) is 11.6. The van der Waals surface area contributed by atoms with E-state index in [0.717, 1.165) is 16.7 Å². The van der Waals surface area contributed by atoms with Gasteiger partial charge in [0.2, 0.25) is 0 Å². The van der Waals surface area contributed by atoms with Crippen LogP contribution in [0, 0.1) is 5.82 Å². The molecule has 0 radical (unpaired) electrons. The number of benzene rings is 2. The van der Waals surface area contributed by atoms with Gasteiger partial charge in [0.15, 0.2) is 0 Å². The number of amides is 1. The van der Waals surface area contributed by atoms with Gasteiger partial charge >= 0.3 is 0 Å². The van der Waals surface area contributed by atoms with Crippen molar-refractivity contribution < 1.29 is 18.7 Å². The number of carbonyl (C=O) groups excluding carboxylic acids is 1. The summed E-state index contributed by atoms with van der Waals surface area (Å²) >= 11 is 0. The molecule has 136 valence electrons. The lowest BCUT2D eigenvalue weighted by Gasteiger charge is -2.20. The summed E-state index contributed by atoms with van der Waals surface area (Å²) in [7, 11) is 1.51. The molecule has 0 aliphatic carbocycles. The molecule has 1 amide bonds. The van der Waals surface area contributed by atoms with Crippen LogP contribution in [0.25, 0.3) is 11.1 Å². The molecule has 0 saturated carbocycles. The van der Waals surface area contributed by atoms with Gasteiger partial charge in [-0.15, -0.1) is 0 Å². The monoisotopic (exact) mass is 364 g/mol. The van der Waals surface area contributed by atoms with Crippen molar-refractivity contribution in [3.63, 3.8) is 0 Å². The third kappa shape index (κ3) is 3.33. The molecular weight excluding hydrogens is 347 g/mol. The van der Waals surface area contributed by atoms with Crippen LogP contribution in [-0.2, 0) is 13.2 Å². The van der Waals surface area contributed by atoms with Crippen LogP contribution in [0.4, 0.5) is 4.39 Å². The molecule has 1 aliphatic rings. The van der Waals surface area contributed by atoms with Gasteiger partial charge in [-0.1, -0.05) is 0 Å². The number of carbonyl (C=O) groups is 1. The zero-order valence-corrected chi connectivity index (χ0v) is 14.7. The predicted octanol–water partition coefficient (Wildman–Crippen LogP) is 3.72. The maximum absolute atomic E-state index is 13.9. The van der Waals surface area contributed by atoms with Crippen LogP contribution in [0.2, 0.25) is 0 Å². The second-order valence-corrected chi connectivity index (χ2v) is 6.17. The highest BCUT2D eigenvalue weighted by molar-refractivity contribution is 5.95. The van der Waals surface area contributed by atoms with Gasteiger partial charge in [-0.3, -0.25) is 9.78 Å². The van der Waals surface area contributed by atoms with E-state index in [2.05, 4.69) is 10.3 Å². The summed E-state index contributed by atoms with van der Waals surface area (Å²) in [5, 5.41) is 2.73. The lowest BCUT2D eigenvalue weighted by Crippen LogP contribution is -2.23. The molecule has 0 fully saturated rings. The molecule has 4 rings (SSSR count). The highest BCUT2D eigenvalue weighted by Crippen LogP contribution is 2.37. The van der Waals surface area contributed by atoms with Gasteiger partial charge < -0.3 is 14.8 Å². The molecule has 0 spiro atoms. The zero-order valence-electron chi connectivity index (χ0n) is 14.7. The minimum absolute atomic E-state index is 0.0638. The molecule has 1 N–H and O–H groups in total. The first kappa shape index (κ1) is 17.0. The van der Waals surface area contributed by atoms with Crippen LogP contribution in [-0.4, -0.2) is 18.0 Å². The van der Waals surface area contributed by atoms with E-state index in [1.54, 1.807) is 30.6 Å². The standard InChI is InChI=1S/C21H17FN2O3/c1-26-16-3-5-19(22)14(8-16)11-24-21(25)13-2-4-18-17-6-7-23-10-15(17)12-27-20(18)9-13/h2-10H,11-12H2,1H3,(H,24,25). The van der Waals surface area contributed by atoms with Gasteiger partial charge in [0, 0.05) is 41.2 Å². The lowest BCUT2D eigenvalue weighted by atomic mass is 9.97. The van der Waals surface area contributed by atoms with E-state index in [1.807, 2.05) is 12.1 Å². The topological polar surface area (TPSA) is 60.5 Å². The van der Waals surface area contributed by atoms with Crippen molar-refractivity contribution in [3.8, 4) is 22.6 Å². The largest absolute Gasteiger partial charge is 0.497 e. The first-order valence-electron chi connectivity index (χ1n) is 8.46. The number of aromatic nitrogens is 1. The molecule has 2 heterocycles. The number of ether oxygens (including phenoxy) is 2. The lowest BCUT2D eigenvalue weighted by molar-refractivity contribution is 0.0950. The Labute approximate surface area is 155 Å². The smallest absolute Gasteiger partial charge is 0.251 e. The second kappa shape index (κ2) is 7.07. The van der Waals surface area contributed by atoms with E-state index in [9.17, 15) is 9.18 Å². The Kier molecular flexibility index (Phi) is 4.46. The average Bonchev–Trinajstić information content (AvgIpc) is 2.72.